The Kier molecular flexibility index (Phi) is 4.03. The molecule has 1 aliphatic heterocycles. The van der Waals surface area contributed by atoms with Crippen molar-refractivity contribution in [2.45, 2.75) is 30.7 Å². The molecule has 1 aromatic rings. The van der Waals surface area contributed by atoms with Gasteiger partial charge in [-0.25, -0.2) is 8.42 Å². The number of hydrogen-bond acceptors (Lipinski definition) is 4. The highest BCUT2D eigenvalue weighted by Crippen LogP contribution is 2.21. The molecule has 0 aliphatic carbocycles. The van der Waals surface area contributed by atoms with Gasteiger partial charge in [0.15, 0.2) is 5.78 Å². The van der Waals surface area contributed by atoms with E-state index >= 15 is 0 Å². The molecule has 0 bridgehead atoms. The molecular weight excluding hydrogens is 264 g/mol. The molecule has 0 aromatic heterocycles. The molecule has 2 N–H and O–H groups in total. The average molecular weight is 282 g/mol. The summed E-state index contributed by atoms with van der Waals surface area (Å²) < 4.78 is 26.2. The van der Waals surface area contributed by atoms with E-state index < -0.39 is 10.0 Å². The molecule has 1 aliphatic rings. The second kappa shape index (κ2) is 5.40. The van der Waals surface area contributed by atoms with Crippen molar-refractivity contribution in [3.05, 3.63) is 29.8 Å². The molecule has 1 fully saturated rings. The van der Waals surface area contributed by atoms with Gasteiger partial charge in [0, 0.05) is 31.1 Å². The van der Waals surface area contributed by atoms with Gasteiger partial charge in [-0.3, -0.25) is 4.79 Å². The minimum atomic E-state index is -3.53. The van der Waals surface area contributed by atoms with Crippen molar-refractivity contribution in [1.82, 2.24) is 4.31 Å². The second-order valence-electron chi connectivity index (χ2n) is 4.72. The van der Waals surface area contributed by atoms with Gasteiger partial charge >= 0.3 is 0 Å². The second-order valence-corrected chi connectivity index (χ2v) is 6.65. The first-order chi connectivity index (χ1) is 8.95. The third kappa shape index (κ3) is 2.86. The number of rotatable bonds is 4. The van der Waals surface area contributed by atoms with Crippen LogP contribution in [0.4, 0.5) is 0 Å². The zero-order valence-corrected chi connectivity index (χ0v) is 11.7. The molecule has 0 amide bonds. The maximum atomic E-state index is 12.4. The fourth-order valence-corrected chi connectivity index (χ4v) is 3.71. The Labute approximate surface area is 113 Å². The van der Waals surface area contributed by atoms with E-state index in [9.17, 15) is 13.2 Å². The number of carbonyl (C=O) groups is 1. The maximum absolute atomic E-state index is 12.4. The van der Waals surface area contributed by atoms with E-state index in [-0.39, 0.29) is 16.7 Å². The Morgan fingerprint density at radius 1 is 1.47 bits per heavy atom. The van der Waals surface area contributed by atoms with Gasteiger partial charge in [0.1, 0.15) is 0 Å². The number of hydrogen-bond donors (Lipinski definition) is 1. The van der Waals surface area contributed by atoms with Crippen molar-refractivity contribution in [2.75, 3.05) is 13.1 Å². The van der Waals surface area contributed by atoms with Gasteiger partial charge in [-0.15, -0.1) is 0 Å². The van der Waals surface area contributed by atoms with Crippen LogP contribution in [0, 0.1) is 0 Å². The number of nitrogens with two attached hydrogens (primary N) is 1. The number of benzene rings is 1. The molecule has 2 rings (SSSR count). The molecule has 6 heteroatoms. The molecule has 1 saturated heterocycles. The van der Waals surface area contributed by atoms with Crippen LogP contribution in [-0.4, -0.2) is 37.6 Å². The third-order valence-corrected chi connectivity index (χ3v) is 5.16. The summed E-state index contributed by atoms with van der Waals surface area (Å²) in [4.78, 5) is 11.8. The molecule has 0 saturated carbocycles. The first-order valence-corrected chi connectivity index (χ1v) is 7.78. The summed E-state index contributed by atoms with van der Waals surface area (Å²) in [5.74, 6) is -0.0600. The average Bonchev–Trinajstić information content (AvgIpc) is 2.85. The highest BCUT2D eigenvalue weighted by molar-refractivity contribution is 7.89. The Balaban J connectivity index is 2.33. The molecule has 1 heterocycles. The Morgan fingerprint density at radius 2 is 2.21 bits per heavy atom. The van der Waals surface area contributed by atoms with E-state index in [2.05, 4.69) is 0 Å². The number of Topliss-reactive ketones (excluding diaryl/α,β-unsaturated/α-hetero) is 1. The molecule has 5 nitrogen and oxygen atoms in total. The molecule has 0 unspecified atom stereocenters. The predicted molar refractivity (Wildman–Crippen MR) is 72.4 cm³/mol. The van der Waals surface area contributed by atoms with Crippen molar-refractivity contribution in [1.29, 1.82) is 0 Å². The van der Waals surface area contributed by atoms with Crippen LogP contribution in [0.15, 0.2) is 29.2 Å². The van der Waals surface area contributed by atoms with Gasteiger partial charge in [-0.2, -0.15) is 4.31 Å². The fourth-order valence-electron chi connectivity index (χ4n) is 2.16. The summed E-state index contributed by atoms with van der Waals surface area (Å²) in [5.41, 5.74) is 6.18. The van der Waals surface area contributed by atoms with Crippen LogP contribution < -0.4 is 5.73 Å². The Morgan fingerprint density at radius 3 is 2.79 bits per heavy atom. The molecule has 1 aromatic carbocycles. The highest BCUT2D eigenvalue weighted by Gasteiger charge is 2.31. The fraction of sp³-hybridized carbons (Fsp3) is 0.462. The minimum Gasteiger partial charge on any atom is -0.326 e. The lowest BCUT2D eigenvalue weighted by atomic mass is 10.1. The molecule has 1 atom stereocenters. The topological polar surface area (TPSA) is 80.5 Å². The van der Waals surface area contributed by atoms with E-state index in [4.69, 9.17) is 5.73 Å². The van der Waals surface area contributed by atoms with Crippen molar-refractivity contribution >= 4 is 15.8 Å². The third-order valence-electron chi connectivity index (χ3n) is 3.30. The van der Waals surface area contributed by atoms with Gasteiger partial charge in [-0.1, -0.05) is 19.1 Å². The molecule has 104 valence electrons. The standard InChI is InChI=1S/C13H18N2O3S/c1-2-13(16)10-4-3-5-12(8-10)19(17,18)15-7-6-11(14)9-15/h3-5,8,11H,2,6-7,9,14H2,1H3/t11-/m1/s1. The van der Waals surface area contributed by atoms with Gasteiger partial charge in [0.05, 0.1) is 4.90 Å². The Hall–Kier alpha value is -1.24. The van der Waals surface area contributed by atoms with E-state index in [0.717, 1.165) is 0 Å². The first-order valence-electron chi connectivity index (χ1n) is 6.34. The van der Waals surface area contributed by atoms with Gasteiger partial charge in [-0.05, 0) is 18.6 Å². The van der Waals surface area contributed by atoms with Crippen molar-refractivity contribution in [3.8, 4) is 0 Å². The van der Waals surface area contributed by atoms with Crippen molar-refractivity contribution < 1.29 is 13.2 Å². The van der Waals surface area contributed by atoms with Crippen LogP contribution in [0.2, 0.25) is 0 Å². The smallest absolute Gasteiger partial charge is 0.243 e. The van der Waals surface area contributed by atoms with Crippen molar-refractivity contribution in [2.24, 2.45) is 5.73 Å². The monoisotopic (exact) mass is 282 g/mol. The molecule has 0 spiro atoms. The van der Waals surface area contributed by atoms with Crippen LogP contribution in [0.1, 0.15) is 30.1 Å². The Bertz CT molecular complexity index is 583. The normalized spacial score (nSPS) is 20.6. The molecule has 0 radical (unpaired) electrons. The van der Waals surface area contributed by atoms with Crippen LogP contribution in [0.25, 0.3) is 0 Å². The van der Waals surface area contributed by atoms with E-state index in [1.54, 1.807) is 19.1 Å². The first kappa shape index (κ1) is 14.2. The highest BCUT2D eigenvalue weighted by atomic mass is 32.2. The summed E-state index contributed by atoms with van der Waals surface area (Å²) >= 11 is 0. The van der Waals surface area contributed by atoms with Gasteiger partial charge in [0.2, 0.25) is 10.0 Å². The van der Waals surface area contributed by atoms with Gasteiger partial charge in [0.25, 0.3) is 0 Å². The van der Waals surface area contributed by atoms with Crippen molar-refractivity contribution in [3.63, 3.8) is 0 Å². The summed E-state index contributed by atoms with van der Waals surface area (Å²) in [6.45, 7) is 2.53. The maximum Gasteiger partial charge on any atom is 0.243 e. The number of carbonyl (C=O) groups excluding carboxylic acids is 1. The van der Waals surface area contributed by atoms with Crippen LogP contribution >= 0.6 is 0 Å². The summed E-state index contributed by atoms with van der Waals surface area (Å²) in [5, 5.41) is 0. The molecule has 19 heavy (non-hydrogen) atoms. The zero-order valence-electron chi connectivity index (χ0n) is 10.9. The zero-order chi connectivity index (χ0) is 14.0. The number of nitrogens with zero attached hydrogens (tertiary/aromatic N) is 1. The number of ketones is 1. The van der Waals surface area contributed by atoms with Crippen LogP contribution in [-0.2, 0) is 10.0 Å². The SMILES string of the molecule is CCC(=O)c1cccc(S(=O)(=O)N2CC[C@@H](N)C2)c1. The summed E-state index contributed by atoms with van der Waals surface area (Å²) in [6, 6.07) is 6.11. The lowest BCUT2D eigenvalue weighted by molar-refractivity contribution is 0.0988. The van der Waals surface area contributed by atoms with E-state index in [1.807, 2.05) is 0 Å². The predicted octanol–water partition coefficient (Wildman–Crippen LogP) is 1.00. The van der Waals surface area contributed by atoms with E-state index in [0.29, 0.717) is 31.5 Å². The van der Waals surface area contributed by atoms with E-state index in [1.165, 1.54) is 16.4 Å². The lowest BCUT2D eigenvalue weighted by Crippen LogP contribution is -2.32. The summed E-state index contributed by atoms with van der Waals surface area (Å²) in [6.07, 6.45) is 1.03. The van der Waals surface area contributed by atoms with Crippen LogP contribution in [0.5, 0.6) is 0 Å². The largest absolute Gasteiger partial charge is 0.326 e. The van der Waals surface area contributed by atoms with Crippen LogP contribution in [0.3, 0.4) is 0 Å². The number of sulfonamides is 1. The quantitative estimate of drug-likeness (QED) is 0.835. The summed E-state index contributed by atoms with van der Waals surface area (Å²) in [7, 11) is -3.53. The minimum absolute atomic E-state index is 0.0600. The van der Waals surface area contributed by atoms with Gasteiger partial charge < -0.3 is 5.73 Å². The molecular formula is C13H18N2O3S. The lowest BCUT2D eigenvalue weighted by Gasteiger charge is -2.16.